The average Bonchev–Trinajstić information content (AvgIpc) is 3.01. The number of rotatable bonds is 6. The summed E-state index contributed by atoms with van der Waals surface area (Å²) in [4.78, 5) is 17.9. The monoisotopic (exact) mass is 509 g/mol. The fourth-order valence-corrected chi connectivity index (χ4v) is 5.78. The molecule has 1 fully saturated rings. The quantitative estimate of drug-likeness (QED) is 0.334. The fraction of sp³-hybridized carbons (Fsp3) is 0.333. The molecule has 2 bridgehead atoms. The van der Waals surface area contributed by atoms with Crippen molar-refractivity contribution < 1.29 is 43.8 Å². The Bertz CT molecular complexity index is 1330. The lowest BCUT2D eigenvalue weighted by molar-refractivity contribution is -0.341. The zero-order valence-corrected chi connectivity index (χ0v) is 20.7. The van der Waals surface area contributed by atoms with Crippen molar-refractivity contribution in [1.29, 1.82) is 0 Å². The molecule has 1 aromatic heterocycles. The number of carbonyl (C=O) groups is 1. The Hall–Kier alpha value is -3.86. The molecule has 10 heteroatoms. The van der Waals surface area contributed by atoms with E-state index in [9.17, 15) is 20.1 Å². The predicted octanol–water partition coefficient (Wildman–Crippen LogP) is 1.85. The highest BCUT2D eigenvalue weighted by molar-refractivity contribution is 5.80. The molecule has 0 unspecified atom stereocenters. The van der Waals surface area contributed by atoms with Crippen molar-refractivity contribution in [2.75, 3.05) is 28.4 Å². The molecule has 10 nitrogen and oxygen atoms in total. The highest BCUT2D eigenvalue weighted by Crippen LogP contribution is 2.71. The van der Waals surface area contributed by atoms with Gasteiger partial charge in [-0.2, -0.15) is 0 Å². The third kappa shape index (κ3) is 3.09. The van der Waals surface area contributed by atoms with E-state index in [0.29, 0.717) is 11.5 Å². The molecule has 37 heavy (non-hydrogen) atoms. The maximum Gasteiger partial charge on any atom is 0.313 e. The van der Waals surface area contributed by atoms with Gasteiger partial charge in [-0.1, -0.05) is 18.2 Å². The first-order valence-electron chi connectivity index (χ1n) is 11.5. The Morgan fingerprint density at radius 2 is 1.62 bits per heavy atom. The lowest BCUT2D eigenvalue weighted by Crippen LogP contribution is -2.65. The summed E-state index contributed by atoms with van der Waals surface area (Å²) in [6, 6.07) is 14.3. The van der Waals surface area contributed by atoms with Crippen LogP contribution in [-0.2, 0) is 20.7 Å². The van der Waals surface area contributed by atoms with E-state index in [-0.39, 0.29) is 28.3 Å². The van der Waals surface area contributed by atoms with Crippen LogP contribution in [0.1, 0.15) is 22.7 Å². The summed E-state index contributed by atoms with van der Waals surface area (Å²) in [6.45, 7) is 0. The number of hydrogen-bond acceptors (Lipinski definition) is 10. The minimum absolute atomic E-state index is 0.0308. The van der Waals surface area contributed by atoms with E-state index in [1.807, 2.05) is 0 Å². The van der Waals surface area contributed by atoms with Crippen molar-refractivity contribution >= 4 is 5.97 Å². The van der Waals surface area contributed by atoms with Gasteiger partial charge in [-0.25, -0.2) is 0 Å². The first-order chi connectivity index (χ1) is 17.7. The number of pyridine rings is 1. The van der Waals surface area contributed by atoms with Gasteiger partial charge in [-0.3, -0.25) is 9.78 Å². The highest BCUT2D eigenvalue weighted by atomic mass is 16.6. The van der Waals surface area contributed by atoms with Crippen molar-refractivity contribution in [3.05, 3.63) is 77.6 Å². The molecule has 2 aliphatic rings. The van der Waals surface area contributed by atoms with Gasteiger partial charge in [-0.15, -0.1) is 0 Å². The van der Waals surface area contributed by atoms with Gasteiger partial charge in [0.2, 0.25) is 5.79 Å². The number of aliphatic hydroxyl groups is 3. The Morgan fingerprint density at radius 1 is 0.919 bits per heavy atom. The van der Waals surface area contributed by atoms with Crippen LogP contribution in [0.4, 0.5) is 0 Å². The van der Waals surface area contributed by atoms with E-state index in [1.54, 1.807) is 42.5 Å². The Balaban J connectivity index is 1.94. The average molecular weight is 510 g/mol. The van der Waals surface area contributed by atoms with Crippen LogP contribution in [0, 0.1) is 5.92 Å². The van der Waals surface area contributed by atoms with Crippen LogP contribution in [0.2, 0.25) is 0 Å². The summed E-state index contributed by atoms with van der Waals surface area (Å²) in [5.41, 5.74) is -4.39. The number of hydrogen-bond donors (Lipinski definition) is 3. The Morgan fingerprint density at radius 3 is 2.19 bits per heavy atom. The molecule has 1 saturated carbocycles. The molecular weight excluding hydrogens is 482 g/mol. The molecule has 0 radical (unpaired) electrons. The van der Waals surface area contributed by atoms with Crippen molar-refractivity contribution in [2.45, 2.75) is 22.9 Å². The lowest BCUT2D eigenvalue weighted by atomic mass is 9.74. The van der Waals surface area contributed by atoms with Gasteiger partial charge in [0.25, 0.3) is 0 Å². The van der Waals surface area contributed by atoms with Crippen LogP contribution >= 0.6 is 0 Å². The first kappa shape index (κ1) is 24.8. The fourth-order valence-electron chi connectivity index (χ4n) is 5.78. The number of methoxy groups -OCH3 is 4. The molecule has 2 aromatic carbocycles. The van der Waals surface area contributed by atoms with E-state index in [4.69, 9.17) is 23.7 Å². The van der Waals surface area contributed by atoms with Gasteiger partial charge in [0.15, 0.2) is 11.2 Å². The third-order valence-electron chi connectivity index (χ3n) is 7.40. The number of aromatic nitrogens is 1. The van der Waals surface area contributed by atoms with Crippen LogP contribution in [0.3, 0.4) is 0 Å². The molecule has 0 spiro atoms. The van der Waals surface area contributed by atoms with E-state index in [2.05, 4.69) is 4.98 Å². The summed E-state index contributed by atoms with van der Waals surface area (Å²) in [5, 5.41) is 36.5. The van der Waals surface area contributed by atoms with Crippen LogP contribution < -0.4 is 18.9 Å². The zero-order chi connectivity index (χ0) is 26.6. The minimum Gasteiger partial charge on any atom is -0.497 e. The van der Waals surface area contributed by atoms with E-state index in [1.165, 1.54) is 39.7 Å². The second kappa shape index (κ2) is 8.62. The largest absolute Gasteiger partial charge is 0.497 e. The molecule has 2 heterocycles. The topological polar surface area (TPSA) is 137 Å². The van der Waals surface area contributed by atoms with Gasteiger partial charge in [0.05, 0.1) is 39.9 Å². The van der Waals surface area contributed by atoms with Crippen molar-refractivity contribution in [3.8, 4) is 23.0 Å². The molecular formula is C27H27NO9. The molecule has 1 aliphatic carbocycles. The second-order valence-corrected chi connectivity index (χ2v) is 8.94. The summed E-state index contributed by atoms with van der Waals surface area (Å²) in [5.74, 6) is -5.86. The molecule has 5 rings (SSSR count). The standard InChI is InChI=1S/C27H27NO9/c1-33-16-10-8-15(9-11-16)26-21(18-7-5-6-12-28-18)23(24(29)36-4)25(30,27(26,31)32)22-19(35-3)13-17(34-2)14-20(22)37-26/h5-14,21,23,30-32H,1-4H3/t21-,23+,25+,26+/m1/s1. The van der Waals surface area contributed by atoms with Crippen molar-refractivity contribution in [3.63, 3.8) is 0 Å². The number of esters is 1. The third-order valence-corrected chi connectivity index (χ3v) is 7.40. The molecule has 0 amide bonds. The van der Waals surface area contributed by atoms with E-state index in [0.717, 1.165) is 7.11 Å². The molecule has 3 N–H and O–H groups in total. The molecule has 194 valence electrons. The number of fused-ring (bicyclic) bond motifs is 4. The molecule has 0 saturated heterocycles. The normalized spacial score (nSPS) is 27.0. The molecule has 4 atom stereocenters. The van der Waals surface area contributed by atoms with Crippen molar-refractivity contribution in [1.82, 2.24) is 4.98 Å². The van der Waals surface area contributed by atoms with Gasteiger partial charge in [0.1, 0.15) is 28.9 Å². The molecule has 1 aliphatic heterocycles. The van der Waals surface area contributed by atoms with Gasteiger partial charge in [0, 0.05) is 29.6 Å². The Labute approximate surface area is 213 Å². The van der Waals surface area contributed by atoms with Crippen LogP contribution in [0.15, 0.2) is 60.8 Å². The minimum atomic E-state index is -3.08. The SMILES string of the molecule is COC(=O)[C@@H]1[C@@H](c2ccccn2)[C@]2(c3ccc(OC)cc3)Oc3cc(OC)cc(OC)c3[C@@]1(O)C2(O)O. The van der Waals surface area contributed by atoms with E-state index < -0.39 is 34.8 Å². The maximum absolute atomic E-state index is 13.5. The van der Waals surface area contributed by atoms with Crippen LogP contribution in [0.25, 0.3) is 0 Å². The zero-order valence-electron chi connectivity index (χ0n) is 20.7. The number of benzene rings is 2. The van der Waals surface area contributed by atoms with Gasteiger partial charge < -0.3 is 39.0 Å². The maximum atomic E-state index is 13.5. The van der Waals surface area contributed by atoms with Crippen LogP contribution in [0.5, 0.6) is 23.0 Å². The summed E-state index contributed by atoms with van der Waals surface area (Å²) in [6.07, 6.45) is 1.50. The summed E-state index contributed by atoms with van der Waals surface area (Å²) >= 11 is 0. The second-order valence-electron chi connectivity index (χ2n) is 8.94. The number of nitrogens with zero attached hydrogens (tertiary/aromatic N) is 1. The van der Waals surface area contributed by atoms with Crippen molar-refractivity contribution in [2.24, 2.45) is 5.92 Å². The van der Waals surface area contributed by atoms with Gasteiger partial charge >= 0.3 is 5.97 Å². The smallest absolute Gasteiger partial charge is 0.313 e. The number of ether oxygens (including phenoxy) is 5. The van der Waals surface area contributed by atoms with Gasteiger partial charge in [-0.05, 0) is 24.3 Å². The summed E-state index contributed by atoms with van der Waals surface area (Å²) < 4.78 is 27.8. The highest BCUT2D eigenvalue weighted by Gasteiger charge is 2.84. The lowest BCUT2D eigenvalue weighted by Gasteiger charge is -2.50. The molecule has 3 aromatic rings. The van der Waals surface area contributed by atoms with Crippen LogP contribution in [-0.4, -0.2) is 60.5 Å². The summed E-state index contributed by atoms with van der Waals surface area (Å²) in [7, 11) is 5.45. The first-order valence-corrected chi connectivity index (χ1v) is 11.5. The number of carbonyl (C=O) groups excluding carboxylic acids is 1. The van der Waals surface area contributed by atoms with E-state index >= 15 is 0 Å². The Kier molecular flexibility index (Phi) is 5.78. The predicted molar refractivity (Wildman–Crippen MR) is 128 cm³/mol.